The second kappa shape index (κ2) is 7.31. The average molecular weight is 385 g/mol. The molecule has 6 heteroatoms. The zero-order valence-corrected chi connectivity index (χ0v) is 16.0. The van der Waals surface area contributed by atoms with Gasteiger partial charge >= 0.3 is 5.91 Å². The topological polar surface area (TPSA) is 83.4 Å². The van der Waals surface area contributed by atoms with Gasteiger partial charge < -0.3 is 5.11 Å². The minimum atomic E-state index is -0.820. The summed E-state index contributed by atoms with van der Waals surface area (Å²) in [5, 5.41) is 11.0. The van der Waals surface area contributed by atoms with Crippen LogP contribution in [0.25, 0.3) is 5.76 Å². The molecule has 3 aromatic rings. The number of aryl methyl sites for hydroxylation is 2. The van der Waals surface area contributed by atoms with Crippen LogP contribution < -0.4 is 4.90 Å². The molecule has 4 rings (SSSR count). The molecule has 1 aliphatic heterocycles. The molecule has 1 amide bonds. The van der Waals surface area contributed by atoms with Crippen molar-refractivity contribution in [3.8, 4) is 0 Å². The van der Waals surface area contributed by atoms with Crippen LogP contribution in [0.3, 0.4) is 0 Å². The Labute approximate surface area is 168 Å². The zero-order valence-electron chi connectivity index (χ0n) is 16.0. The van der Waals surface area contributed by atoms with Gasteiger partial charge in [-0.25, -0.2) is 9.97 Å². The van der Waals surface area contributed by atoms with Gasteiger partial charge in [-0.3, -0.25) is 14.5 Å². The average Bonchev–Trinajstić information content (AvgIpc) is 3.00. The largest absolute Gasteiger partial charge is 0.507 e. The van der Waals surface area contributed by atoms with Crippen molar-refractivity contribution in [2.45, 2.75) is 19.9 Å². The Morgan fingerprint density at radius 3 is 2.03 bits per heavy atom. The number of hydrogen-bond acceptors (Lipinski definition) is 5. The Morgan fingerprint density at radius 1 is 0.897 bits per heavy atom. The smallest absolute Gasteiger partial charge is 0.302 e. The molecule has 0 saturated carbocycles. The molecular formula is C23H19N3O3. The van der Waals surface area contributed by atoms with E-state index in [1.165, 1.54) is 17.3 Å². The number of amides is 1. The third-order valence-corrected chi connectivity index (χ3v) is 4.93. The van der Waals surface area contributed by atoms with Gasteiger partial charge in [-0.1, -0.05) is 59.7 Å². The first kappa shape index (κ1) is 18.6. The Morgan fingerprint density at radius 2 is 1.45 bits per heavy atom. The highest BCUT2D eigenvalue weighted by Crippen LogP contribution is 2.40. The SMILES string of the molecule is Cc1ccc(C(O)=C2C(=O)C(=O)N(c3ncccn3)[C@H]2c2ccc(C)cc2)cc1. The van der Waals surface area contributed by atoms with E-state index < -0.39 is 17.7 Å². The summed E-state index contributed by atoms with van der Waals surface area (Å²) in [5.74, 6) is -1.63. The van der Waals surface area contributed by atoms with Crippen LogP contribution in [0.1, 0.15) is 28.3 Å². The Bertz CT molecular complexity index is 1100. The number of carbonyl (C=O) groups excluding carboxylic acids is 2. The van der Waals surface area contributed by atoms with Gasteiger partial charge in [0, 0.05) is 18.0 Å². The predicted octanol–water partition coefficient (Wildman–Crippen LogP) is 3.72. The highest BCUT2D eigenvalue weighted by atomic mass is 16.3. The van der Waals surface area contributed by atoms with Gasteiger partial charge in [-0.05, 0) is 25.5 Å². The molecule has 0 unspecified atom stereocenters. The molecule has 0 spiro atoms. The van der Waals surface area contributed by atoms with Crippen LogP contribution in [0.5, 0.6) is 0 Å². The van der Waals surface area contributed by atoms with Crippen molar-refractivity contribution in [2.75, 3.05) is 4.90 Å². The van der Waals surface area contributed by atoms with Crippen molar-refractivity contribution < 1.29 is 14.7 Å². The number of ketones is 1. The molecule has 2 heterocycles. The summed E-state index contributed by atoms with van der Waals surface area (Å²) in [6.07, 6.45) is 3.02. The first-order chi connectivity index (χ1) is 14.0. The quantitative estimate of drug-likeness (QED) is 0.422. The molecule has 1 N–H and O–H groups in total. The second-order valence-corrected chi connectivity index (χ2v) is 6.99. The van der Waals surface area contributed by atoms with Crippen LogP contribution in [0, 0.1) is 13.8 Å². The number of aliphatic hydroxyl groups is 1. The fraction of sp³-hybridized carbons (Fsp3) is 0.130. The van der Waals surface area contributed by atoms with E-state index in [-0.39, 0.29) is 17.3 Å². The fourth-order valence-corrected chi connectivity index (χ4v) is 3.39. The van der Waals surface area contributed by atoms with Gasteiger partial charge in [-0.2, -0.15) is 0 Å². The van der Waals surface area contributed by atoms with Crippen LogP contribution >= 0.6 is 0 Å². The van der Waals surface area contributed by atoms with Crippen LogP contribution in [0.2, 0.25) is 0 Å². The molecule has 1 saturated heterocycles. The van der Waals surface area contributed by atoms with E-state index in [2.05, 4.69) is 9.97 Å². The van der Waals surface area contributed by atoms with Crippen LogP contribution in [0.4, 0.5) is 5.95 Å². The molecule has 1 atom stereocenters. The lowest BCUT2D eigenvalue weighted by atomic mass is 9.94. The molecule has 1 fully saturated rings. The summed E-state index contributed by atoms with van der Waals surface area (Å²) in [4.78, 5) is 35.4. The van der Waals surface area contributed by atoms with Crippen LogP contribution in [-0.2, 0) is 9.59 Å². The molecule has 0 aliphatic carbocycles. The molecule has 144 valence electrons. The number of aromatic nitrogens is 2. The Hall–Kier alpha value is -3.80. The Kier molecular flexibility index (Phi) is 4.68. The molecule has 0 radical (unpaired) electrons. The van der Waals surface area contributed by atoms with Crippen molar-refractivity contribution in [1.29, 1.82) is 0 Å². The first-order valence-electron chi connectivity index (χ1n) is 9.19. The van der Waals surface area contributed by atoms with Gasteiger partial charge in [-0.15, -0.1) is 0 Å². The molecule has 29 heavy (non-hydrogen) atoms. The van der Waals surface area contributed by atoms with E-state index in [0.717, 1.165) is 11.1 Å². The van der Waals surface area contributed by atoms with E-state index in [4.69, 9.17) is 0 Å². The summed E-state index contributed by atoms with van der Waals surface area (Å²) in [6, 6.07) is 15.4. The van der Waals surface area contributed by atoms with Crippen molar-refractivity contribution in [2.24, 2.45) is 0 Å². The number of hydrogen-bond donors (Lipinski definition) is 1. The maximum Gasteiger partial charge on any atom is 0.302 e. The third-order valence-electron chi connectivity index (χ3n) is 4.93. The van der Waals surface area contributed by atoms with Gasteiger partial charge in [0.15, 0.2) is 0 Å². The number of anilines is 1. The summed E-state index contributed by atoms with van der Waals surface area (Å²) >= 11 is 0. The number of aliphatic hydroxyl groups excluding tert-OH is 1. The predicted molar refractivity (Wildman–Crippen MR) is 109 cm³/mol. The lowest BCUT2D eigenvalue weighted by Gasteiger charge is -2.23. The lowest BCUT2D eigenvalue weighted by molar-refractivity contribution is -0.132. The van der Waals surface area contributed by atoms with E-state index in [9.17, 15) is 14.7 Å². The van der Waals surface area contributed by atoms with Gasteiger partial charge in [0.25, 0.3) is 5.78 Å². The van der Waals surface area contributed by atoms with Crippen LogP contribution in [0.15, 0.2) is 72.6 Å². The highest BCUT2D eigenvalue weighted by Gasteiger charge is 2.48. The van der Waals surface area contributed by atoms with Crippen molar-refractivity contribution in [1.82, 2.24) is 9.97 Å². The van der Waals surface area contributed by atoms with E-state index in [0.29, 0.717) is 11.1 Å². The van der Waals surface area contributed by atoms with Gasteiger partial charge in [0.05, 0.1) is 11.6 Å². The van der Waals surface area contributed by atoms with Crippen molar-refractivity contribution >= 4 is 23.4 Å². The standard InChI is InChI=1S/C23H19N3O3/c1-14-4-8-16(9-5-14)19-18(20(27)17-10-6-15(2)7-11-17)21(28)22(29)26(19)23-24-12-3-13-25-23/h3-13,19,27H,1-2H3/t19-/m0/s1. The minimum Gasteiger partial charge on any atom is -0.507 e. The summed E-state index contributed by atoms with van der Waals surface area (Å²) in [7, 11) is 0. The molecular weight excluding hydrogens is 366 g/mol. The fourth-order valence-electron chi connectivity index (χ4n) is 3.39. The first-order valence-corrected chi connectivity index (χ1v) is 9.19. The summed E-state index contributed by atoms with van der Waals surface area (Å²) < 4.78 is 0. The number of carbonyl (C=O) groups is 2. The third kappa shape index (κ3) is 3.29. The maximum atomic E-state index is 13.0. The normalized spacial score (nSPS) is 18.3. The summed E-state index contributed by atoms with van der Waals surface area (Å²) in [5.41, 5.74) is 3.25. The van der Waals surface area contributed by atoms with Crippen molar-refractivity contribution in [3.63, 3.8) is 0 Å². The number of rotatable bonds is 3. The highest BCUT2D eigenvalue weighted by molar-refractivity contribution is 6.51. The van der Waals surface area contributed by atoms with E-state index in [1.807, 2.05) is 50.2 Å². The minimum absolute atomic E-state index is 0.0233. The summed E-state index contributed by atoms with van der Waals surface area (Å²) in [6.45, 7) is 3.88. The molecule has 6 nitrogen and oxygen atoms in total. The number of nitrogens with zero attached hydrogens (tertiary/aromatic N) is 3. The zero-order chi connectivity index (χ0) is 20.5. The number of Topliss-reactive ketones (excluding diaryl/α,β-unsaturated/α-hetero) is 1. The van der Waals surface area contributed by atoms with Crippen molar-refractivity contribution in [3.05, 3.63) is 94.8 Å². The lowest BCUT2D eigenvalue weighted by Crippen LogP contribution is -2.31. The van der Waals surface area contributed by atoms with E-state index >= 15 is 0 Å². The number of benzene rings is 2. The molecule has 1 aliphatic rings. The molecule has 1 aromatic heterocycles. The molecule has 2 aromatic carbocycles. The second-order valence-electron chi connectivity index (χ2n) is 6.99. The Balaban J connectivity index is 1.94. The van der Waals surface area contributed by atoms with E-state index in [1.54, 1.807) is 18.2 Å². The van der Waals surface area contributed by atoms with Gasteiger partial charge in [0.1, 0.15) is 5.76 Å². The van der Waals surface area contributed by atoms with Crippen LogP contribution in [-0.4, -0.2) is 26.8 Å². The molecule has 0 bridgehead atoms. The van der Waals surface area contributed by atoms with Gasteiger partial charge in [0.2, 0.25) is 5.95 Å². The monoisotopic (exact) mass is 385 g/mol. The maximum absolute atomic E-state index is 13.0.